The summed E-state index contributed by atoms with van der Waals surface area (Å²) in [4.78, 5) is 23.3. The highest BCUT2D eigenvalue weighted by atomic mass is 16.5. The average molecular weight is 302 g/mol. The van der Waals surface area contributed by atoms with E-state index in [1.54, 1.807) is 19.1 Å². The van der Waals surface area contributed by atoms with Gasteiger partial charge < -0.3 is 14.6 Å². The van der Waals surface area contributed by atoms with Crippen molar-refractivity contribution in [2.75, 3.05) is 11.9 Å². The first-order valence-electron chi connectivity index (χ1n) is 6.98. The molecule has 6 heteroatoms. The van der Waals surface area contributed by atoms with Crippen molar-refractivity contribution in [3.8, 4) is 0 Å². The quantitative estimate of drug-likeness (QED) is 0.829. The number of rotatable bonds is 6. The van der Waals surface area contributed by atoms with Crippen molar-refractivity contribution >= 4 is 17.6 Å². The van der Waals surface area contributed by atoms with Gasteiger partial charge in [-0.1, -0.05) is 23.4 Å². The molecule has 6 nitrogen and oxygen atoms in total. The Morgan fingerprint density at radius 3 is 2.59 bits per heavy atom. The van der Waals surface area contributed by atoms with Gasteiger partial charge in [0.1, 0.15) is 5.76 Å². The van der Waals surface area contributed by atoms with Crippen molar-refractivity contribution in [1.29, 1.82) is 0 Å². The summed E-state index contributed by atoms with van der Waals surface area (Å²) in [5.74, 6) is -0.0905. The molecule has 0 aliphatic carbocycles. The Morgan fingerprint density at radius 2 is 1.95 bits per heavy atom. The second-order valence-corrected chi connectivity index (χ2v) is 4.88. The van der Waals surface area contributed by atoms with Crippen LogP contribution >= 0.6 is 0 Å². The van der Waals surface area contributed by atoms with Crippen molar-refractivity contribution in [3.05, 3.63) is 47.3 Å². The molecule has 1 heterocycles. The lowest BCUT2D eigenvalue weighted by atomic mass is 10.1. The van der Waals surface area contributed by atoms with E-state index in [0.717, 1.165) is 11.3 Å². The largest absolute Gasteiger partial charge is 0.456 e. The lowest BCUT2D eigenvalue weighted by molar-refractivity contribution is -0.147. The molecule has 1 amide bonds. The minimum absolute atomic E-state index is 0.182. The summed E-state index contributed by atoms with van der Waals surface area (Å²) in [7, 11) is 0. The van der Waals surface area contributed by atoms with Gasteiger partial charge in [-0.2, -0.15) is 0 Å². The summed E-state index contributed by atoms with van der Waals surface area (Å²) in [5.41, 5.74) is 2.34. The summed E-state index contributed by atoms with van der Waals surface area (Å²) in [6.45, 7) is 3.33. The third kappa shape index (κ3) is 4.44. The Kier molecular flexibility index (Phi) is 5.30. The van der Waals surface area contributed by atoms with E-state index < -0.39 is 5.97 Å². The SMILES string of the molecule is Cc1noc(C)c1CCC(=O)OCC(=O)Nc1ccccc1. The minimum atomic E-state index is -0.428. The lowest BCUT2D eigenvalue weighted by Gasteiger charge is -2.06. The second kappa shape index (κ2) is 7.40. The topological polar surface area (TPSA) is 81.4 Å². The number of aromatic nitrogens is 1. The Balaban J connectivity index is 1.72. The van der Waals surface area contributed by atoms with E-state index in [9.17, 15) is 9.59 Å². The van der Waals surface area contributed by atoms with Crippen LogP contribution in [0.4, 0.5) is 5.69 Å². The number of nitrogens with zero attached hydrogens (tertiary/aromatic N) is 1. The number of aryl methyl sites for hydroxylation is 2. The van der Waals surface area contributed by atoms with Crippen LogP contribution in [0.25, 0.3) is 0 Å². The molecule has 2 aromatic rings. The fourth-order valence-corrected chi connectivity index (χ4v) is 2.02. The molecule has 22 heavy (non-hydrogen) atoms. The number of hydrogen-bond acceptors (Lipinski definition) is 5. The van der Waals surface area contributed by atoms with Crippen LogP contribution in [0.3, 0.4) is 0 Å². The zero-order chi connectivity index (χ0) is 15.9. The normalized spacial score (nSPS) is 10.3. The van der Waals surface area contributed by atoms with Gasteiger partial charge >= 0.3 is 5.97 Å². The molecule has 0 atom stereocenters. The molecule has 0 saturated carbocycles. The fraction of sp³-hybridized carbons (Fsp3) is 0.312. The highest BCUT2D eigenvalue weighted by molar-refractivity contribution is 5.92. The number of para-hydroxylation sites is 1. The number of carbonyl (C=O) groups excluding carboxylic acids is 2. The van der Waals surface area contributed by atoms with Gasteiger partial charge in [0, 0.05) is 17.7 Å². The highest BCUT2D eigenvalue weighted by Gasteiger charge is 2.13. The standard InChI is InChI=1S/C16H18N2O4/c1-11-14(12(2)22-18-11)8-9-16(20)21-10-15(19)17-13-6-4-3-5-7-13/h3-7H,8-10H2,1-2H3,(H,17,19). The van der Waals surface area contributed by atoms with Crippen LogP contribution < -0.4 is 5.32 Å². The average Bonchev–Trinajstić information content (AvgIpc) is 2.83. The number of amides is 1. The summed E-state index contributed by atoms with van der Waals surface area (Å²) in [6, 6.07) is 9.00. The van der Waals surface area contributed by atoms with Crippen LogP contribution in [0, 0.1) is 13.8 Å². The van der Waals surface area contributed by atoms with Crippen LogP contribution in [0.15, 0.2) is 34.9 Å². The first-order chi connectivity index (χ1) is 10.6. The van der Waals surface area contributed by atoms with E-state index in [1.165, 1.54) is 0 Å². The minimum Gasteiger partial charge on any atom is -0.456 e. The van der Waals surface area contributed by atoms with Crippen LogP contribution in [-0.4, -0.2) is 23.6 Å². The Bertz CT molecular complexity index is 630. The molecule has 0 fully saturated rings. The van der Waals surface area contributed by atoms with Gasteiger partial charge in [0.2, 0.25) is 0 Å². The Labute approximate surface area is 128 Å². The van der Waals surface area contributed by atoms with E-state index >= 15 is 0 Å². The number of nitrogens with one attached hydrogen (secondary N) is 1. The monoisotopic (exact) mass is 302 g/mol. The zero-order valence-electron chi connectivity index (χ0n) is 12.6. The van der Waals surface area contributed by atoms with Crippen molar-refractivity contribution < 1.29 is 18.8 Å². The highest BCUT2D eigenvalue weighted by Crippen LogP contribution is 2.14. The molecule has 0 radical (unpaired) electrons. The number of carbonyl (C=O) groups is 2. The van der Waals surface area contributed by atoms with E-state index in [0.29, 0.717) is 17.9 Å². The predicted octanol–water partition coefficient (Wildman–Crippen LogP) is 2.41. The van der Waals surface area contributed by atoms with E-state index in [-0.39, 0.29) is 18.9 Å². The maximum Gasteiger partial charge on any atom is 0.306 e. The summed E-state index contributed by atoms with van der Waals surface area (Å²) >= 11 is 0. The first kappa shape index (κ1) is 15.8. The summed E-state index contributed by atoms with van der Waals surface area (Å²) in [6.07, 6.45) is 0.668. The Hall–Kier alpha value is -2.63. The molecule has 0 bridgehead atoms. The lowest BCUT2D eigenvalue weighted by Crippen LogP contribution is -2.21. The summed E-state index contributed by atoms with van der Waals surface area (Å²) in [5, 5.41) is 6.47. The third-order valence-electron chi connectivity index (χ3n) is 3.18. The molecular formula is C16H18N2O4. The van der Waals surface area contributed by atoms with Crippen molar-refractivity contribution in [3.63, 3.8) is 0 Å². The van der Waals surface area contributed by atoms with Gasteiger partial charge in [0.05, 0.1) is 5.69 Å². The van der Waals surface area contributed by atoms with Gasteiger partial charge in [-0.15, -0.1) is 0 Å². The molecule has 1 aromatic heterocycles. The second-order valence-electron chi connectivity index (χ2n) is 4.88. The third-order valence-corrected chi connectivity index (χ3v) is 3.18. The number of benzene rings is 1. The Morgan fingerprint density at radius 1 is 1.23 bits per heavy atom. The van der Waals surface area contributed by atoms with Gasteiger partial charge in [-0.05, 0) is 32.4 Å². The number of hydrogen-bond donors (Lipinski definition) is 1. The molecule has 0 aliphatic rings. The molecule has 0 aliphatic heterocycles. The molecular weight excluding hydrogens is 284 g/mol. The van der Waals surface area contributed by atoms with Gasteiger partial charge in [0.15, 0.2) is 6.61 Å². The van der Waals surface area contributed by atoms with Gasteiger partial charge in [-0.3, -0.25) is 9.59 Å². The molecule has 0 saturated heterocycles. The number of anilines is 1. The smallest absolute Gasteiger partial charge is 0.306 e. The molecule has 1 N–H and O–H groups in total. The zero-order valence-corrected chi connectivity index (χ0v) is 12.6. The fourth-order valence-electron chi connectivity index (χ4n) is 2.02. The molecule has 0 unspecified atom stereocenters. The first-order valence-corrected chi connectivity index (χ1v) is 6.98. The van der Waals surface area contributed by atoms with E-state index in [2.05, 4.69) is 10.5 Å². The van der Waals surface area contributed by atoms with Crippen LogP contribution in [0.2, 0.25) is 0 Å². The van der Waals surface area contributed by atoms with Crippen molar-refractivity contribution in [1.82, 2.24) is 5.16 Å². The van der Waals surface area contributed by atoms with E-state index in [4.69, 9.17) is 9.26 Å². The van der Waals surface area contributed by atoms with Crippen molar-refractivity contribution in [2.45, 2.75) is 26.7 Å². The predicted molar refractivity (Wildman–Crippen MR) is 80.3 cm³/mol. The van der Waals surface area contributed by atoms with Crippen LogP contribution in [0.5, 0.6) is 0 Å². The van der Waals surface area contributed by atoms with Crippen LogP contribution in [0.1, 0.15) is 23.4 Å². The molecule has 116 valence electrons. The van der Waals surface area contributed by atoms with E-state index in [1.807, 2.05) is 25.1 Å². The van der Waals surface area contributed by atoms with Gasteiger partial charge in [-0.25, -0.2) is 0 Å². The molecule has 1 aromatic carbocycles. The molecule has 2 rings (SSSR count). The van der Waals surface area contributed by atoms with Crippen molar-refractivity contribution in [2.24, 2.45) is 0 Å². The maximum atomic E-state index is 11.7. The number of ether oxygens (including phenoxy) is 1. The number of esters is 1. The summed E-state index contributed by atoms with van der Waals surface area (Å²) < 4.78 is 9.98. The van der Waals surface area contributed by atoms with Gasteiger partial charge in [0.25, 0.3) is 5.91 Å². The maximum absolute atomic E-state index is 11.7. The van der Waals surface area contributed by atoms with Crippen LogP contribution in [-0.2, 0) is 20.7 Å². The molecule has 0 spiro atoms.